The van der Waals surface area contributed by atoms with Gasteiger partial charge in [0.05, 0.1) is 5.69 Å². The number of carbonyl (C=O) groups excluding carboxylic acids is 1. The van der Waals surface area contributed by atoms with Crippen molar-refractivity contribution in [3.63, 3.8) is 0 Å². The molecular weight excluding hydrogens is 342 g/mol. The summed E-state index contributed by atoms with van der Waals surface area (Å²) in [4.78, 5) is 12.3. The van der Waals surface area contributed by atoms with E-state index in [0.717, 1.165) is 16.8 Å². The maximum absolute atomic E-state index is 12.3. The summed E-state index contributed by atoms with van der Waals surface area (Å²) in [7, 11) is 0. The Labute approximate surface area is 155 Å². The summed E-state index contributed by atoms with van der Waals surface area (Å²) < 4.78 is 6.93. The van der Waals surface area contributed by atoms with Crippen LogP contribution >= 0.6 is 0 Å². The zero-order chi connectivity index (χ0) is 18.5. The van der Waals surface area contributed by atoms with Crippen LogP contribution in [0.15, 0.2) is 83.9 Å². The average molecular weight is 357 g/mol. The number of rotatable bonds is 5. The molecular formula is C20H15N5O2. The normalized spacial score (nSPS) is 11.0. The second-order valence-corrected chi connectivity index (χ2v) is 5.66. The van der Waals surface area contributed by atoms with Gasteiger partial charge in [-0.1, -0.05) is 24.3 Å². The Hall–Kier alpha value is -4.00. The van der Waals surface area contributed by atoms with Gasteiger partial charge in [0.1, 0.15) is 0 Å². The lowest BCUT2D eigenvalue weighted by Gasteiger charge is -2.06. The third-order valence-corrected chi connectivity index (χ3v) is 3.84. The van der Waals surface area contributed by atoms with Crippen molar-refractivity contribution in [2.45, 2.75) is 0 Å². The molecule has 0 aliphatic carbocycles. The largest absolute Gasteiger partial charge is 0.423 e. The van der Waals surface area contributed by atoms with Gasteiger partial charge in [-0.25, -0.2) is 4.68 Å². The molecule has 2 aromatic heterocycles. The Morgan fingerprint density at radius 3 is 2.85 bits per heavy atom. The number of anilines is 1. The maximum Gasteiger partial charge on any atom is 0.248 e. The Morgan fingerprint density at radius 2 is 2.04 bits per heavy atom. The van der Waals surface area contributed by atoms with Crippen molar-refractivity contribution in [1.29, 1.82) is 0 Å². The number of carbonyl (C=O) groups is 1. The van der Waals surface area contributed by atoms with Gasteiger partial charge >= 0.3 is 0 Å². The molecule has 0 spiro atoms. The molecule has 1 amide bonds. The highest BCUT2D eigenvalue weighted by atomic mass is 16.4. The molecule has 0 atom stereocenters. The summed E-state index contributed by atoms with van der Waals surface area (Å²) in [6.45, 7) is 0. The van der Waals surface area contributed by atoms with Gasteiger partial charge in [-0.3, -0.25) is 4.79 Å². The van der Waals surface area contributed by atoms with E-state index in [1.807, 2.05) is 48.7 Å². The van der Waals surface area contributed by atoms with E-state index < -0.39 is 0 Å². The van der Waals surface area contributed by atoms with Gasteiger partial charge in [-0.2, -0.15) is 5.10 Å². The molecule has 4 aromatic rings. The molecule has 132 valence electrons. The molecule has 7 heteroatoms. The summed E-state index contributed by atoms with van der Waals surface area (Å²) in [6, 6.07) is 16.8. The van der Waals surface area contributed by atoms with Crippen molar-refractivity contribution in [3.05, 3.63) is 85.0 Å². The van der Waals surface area contributed by atoms with E-state index in [-0.39, 0.29) is 5.91 Å². The molecule has 7 nitrogen and oxygen atoms in total. The van der Waals surface area contributed by atoms with Crippen LogP contribution in [0.25, 0.3) is 23.2 Å². The lowest BCUT2D eigenvalue weighted by Crippen LogP contribution is -2.07. The summed E-state index contributed by atoms with van der Waals surface area (Å²) in [5.41, 5.74) is 3.15. The number of nitrogens with one attached hydrogen (secondary N) is 1. The molecule has 1 N–H and O–H groups in total. The fraction of sp³-hybridized carbons (Fsp3) is 0. The van der Waals surface area contributed by atoms with Gasteiger partial charge in [0.15, 0.2) is 0 Å². The monoisotopic (exact) mass is 357 g/mol. The highest BCUT2D eigenvalue weighted by Crippen LogP contribution is 2.20. The Kier molecular flexibility index (Phi) is 4.57. The molecule has 0 unspecified atom stereocenters. The molecule has 2 heterocycles. The van der Waals surface area contributed by atoms with E-state index in [4.69, 9.17) is 4.42 Å². The average Bonchev–Trinajstić information content (AvgIpc) is 3.41. The fourth-order valence-electron chi connectivity index (χ4n) is 2.63. The first-order valence-corrected chi connectivity index (χ1v) is 8.24. The van der Waals surface area contributed by atoms with Gasteiger partial charge in [0, 0.05) is 35.3 Å². The molecule has 0 aliphatic heterocycles. The summed E-state index contributed by atoms with van der Waals surface area (Å²) >= 11 is 0. The van der Waals surface area contributed by atoms with Crippen LogP contribution in [-0.4, -0.2) is 25.9 Å². The number of amides is 1. The maximum atomic E-state index is 12.3. The summed E-state index contributed by atoms with van der Waals surface area (Å²) in [6.07, 6.45) is 8.08. The van der Waals surface area contributed by atoms with E-state index in [1.165, 1.54) is 12.5 Å². The molecule has 0 fully saturated rings. The van der Waals surface area contributed by atoms with Crippen LogP contribution in [0.4, 0.5) is 5.69 Å². The number of para-hydroxylation sites is 1. The number of benzene rings is 2. The topological polar surface area (TPSA) is 85.8 Å². The molecule has 0 bridgehead atoms. The predicted molar refractivity (Wildman–Crippen MR) is 101 cm³/mol. The van der Waals surface area contributed by atoms with Crippen LogP contribution in [-0.2, 0) is 4.79 Å². The van der Waals surface area contributed by atoms with Crippen LogP contribution in [0.2, 0.25) is 0 Å². The third-order valence-electron chi connectivity index (χ3n) is 3.84. The van der Waals surface area contributed by atoms with E-state index in [2.05, 4.69) is 20.6 Å². The number of aromatic nitrogens is 4. The van der Waals surface area contributed by atoms with E-state index in [0.29, 0.717) is 11.6 Å². The highest BCUT2D eigenvalue weighted by molar-refractivity contribution is 6.02. The minimum atomic E-state index is -0.243. The van der Waals surface area contributed by atoms with Gasteiger partial charge in [0.2, 0.25) is 18.2 Å². The van der Waals surface area contributed by atoms with E-state index in [9.17, 15) is 4.79 Å². The lowest BCUT2D eigenvalue weighted by atomic mass is 10.1. The molecule has 2 aromatic carbocycles. The van der Waals surface area contributed by atoms with Crippen molar-refractivity contribution >= 4 is 17.7 Å². The van der Waals surface area contributed by atoms with Crippen molar-refractivity contribution < 1.29 is 9.21 Å². The standard InChI is InChI=1S/C20H15N5O2/c26-19(23-17-7-3-6-16(13-17)20-24-21-14-27-20)10-9-15-5-1-2-8-18(15)25-12-4-11-22-25/h1-14H,(H,23,26). The van der Waals surface area contributed by atoms with Crippen LogP contribution in [0.1, 0.15) is 5.56 Å². The smallest absolute Gasteiger partial charge is 0.248 e. The minimum Gasteiger partial charge on any atom is -0.423 e. The SMILES string of the molecule is O=C(C=Cc1ccccc1-n1cccn1)Nc1cccc(-c2nnco2)c1. The Balaban J connectivity index is 1.50. The first-order chi connectivity index (χ1) is 13.3. The van der Waals surface area contributed by atoms with Gasteiger partial charge in [-0.05, 0) is 36.4 Å². The Morgan fingerprint density at radius 1 is 1.11 bits per heavy atom. The zero-order valence-corrected chi connectivity index (χ0v) is 14.2. The number of nitrogens with zero attached hydrogens (tertiary/aromatic N) is 4. The fourth-order valence-corrected chi connectivity index (χ4v) is 2.63. The second kappa shape index (κ2) is 7.49. The van der Waals surface area contributed by atoms with Crippen molar-refractivity contribution in [2.24, 2.45) is 0 Å². The summed E-state index contributed by atoms with van der Waals surface area (Å²) in [5.74, 6) is 0.155. The van der Waals surface area contributed by atoms with E-state index >= 15 is 0 Å². The summed E-state index contributed by atoms with van der Waals surface area (Å²) in [5, 5.41) is 14.6. The highest BCUT2D eigenvalue weighted by Gasteiger charge is 2.06. The van der Waals surface area contributed by atoms with Crippen LogP contribution < -0.4 is 5.32 Å². The molecule has 0 saturated carbocycles. The second-order valence-electron chi connectivity index (χ2n) is 5.66. The molecule has 0 aliphatic rings. The zero-order valence-electron chi connectivity index (χ0n) is 14.2. The van der Waals surface area contributed by atoms with Crippen LogP contribution in [0, 0.1) is 0 Å². The van der Waals surface area contributed by atoms with Crippen LogP contribution in [0.5, 0.6) is 0 Å². The molecule has 0 saturated heterocycles. The van der Waals surface area contributed by atoms with Gasteiger partial charge < -0.3 is 9.73 Å². The van der Waals surface area contributed by atoms with Crippen molar-refractivity contribution in [2.75, 3.05) is 5.32 Å². The number of hydrogen-bond donors (Lipinski definition) is 1. The molecule has 4 rings (SSSR count). The van der Waals surface area contributed by atoms with Gasteiger partial charge in [0.25, 0.3) is 0 Å². The third kappa shape index (κ3) is 3.82. The van der Waals surface area contributed by atoms with Crippen LogP contribution in [0.3, 0.4) is 0 Å². The van der Waals surface area contributed by atoms with Crippen molar-refractivity contribution in [1.82, 2.24) is 20.0 Å². The van der Waals surface area contributed by atoms with Crippen molar-refractivity contribution in [3.8, 4) is 17.1 Å². The predicted octanol–water partition coefficient (Wildman–Crippen LogP) is 3.57. The first-order valence-electron chi connectivity index (χ1n) is 8.24. The van der Waals surface area contributed by atoms with Gasteiger partial charge in [-0.15, -0.1) is 10.2 Å². The molecule has 27 heavy (non-hydrogen) atoms. The lowest BCUT2D eigenvalue weighted by molar-refractivity contribution is -0.111. The molecule has 0 radical (unpaired) electrons. The first kappa shape index (κ1) is 16.5. The Bertz CT molecular complexity index is 1070. The minimum absolute atomic E-state index is 0.243. The number of hydrogen-bond acceptors (Lipinski definition) is 5. The van der Waals surface area contributed by atoms with E-state index in [1.54, 1.807) is 29.1 Å². The quantitative estimate of drug-likeness (QED) is 0.552.